The number of nitrogens with one attached hydrogen (secondary N) is 1. The molecule has 0 saturated heterocycles. The first-order valence-electron chi connectivity index (χ1n) is 5.08. The highest BCUT2D eigenvalue weighted by Gasteiger charge is 2.11. The van der Waals surface area contributed by atoms with Gasteiger partial charge in [0, 0.05) is 12.2 Å². The molecule has 0 bridgehead atoms. The second-order valence-electron chi connectivity index (χ2n) is 4.30. The lowest BCUT2D eigenvalue weighted by Gasteiger charge is -2.17. The lowest BCUT2D eigenvalue weighted by atomic mass is 10.1. The Labute approximate surface area is 94.5 Å². The third-order valence-corrected chi connectivity index (χ3v) is 2.15. The van der Waals surface area contributed by atoms with Gasteiger partial charge in [-0.1, -0.05) is 0 Å². The fourth-order valence-corrected chi connectivity index (χ4v) is 1.23. The highest BCUT2D eigenvalue weighted by Crippen LogP contribution is 2.15. The number of nitrogens with zero attached hydrogens (tertiary/aromatic N) is 1. The summed E-state index contributed by atoms with van der Waals surface area (Å²) in [6, 6.07) is 6.06. The van der Waals surface area contributed by atoms with Crippen molar-refractivity contribution in [3.05, 3.63) is 29.6 Å². The molecular weight excluding hydrogens is 207 g/mol. The summed E-state index contributed by atoms with van der Waals surface area (Å²) >= 11 is 0. The third kappa shape index (κ3) is 3.87. The number of aliphatic hydroxyl groups is 1. The Kier molecular flexibility index (Phi) is 3.86. The Balaban J connectivity index is 2.59. The number of hydrogen-bond acceptors (Lipinski definition) is 3. The molecule has 2 N–H and O–H groups in total. The average Bonchev–Trinajstić information content (AvgIpc) is 2.18. The van der Waals surface area contributed by atoms with Gasteiger partial charge in [0.05, 0.1) is 11.2 Å². The third-order valence-electron chi connectivity index (χ3n) is 2.15. The number of hydrogen-bond donors (Lipinski definition) is 2. The summed E-state index contributed by atoms with van der Waals surface area (Å²) < 4.78 is 13.0. The zero-order chi connectivity index (χ0) is 12.2. The SMILES string of the molecule is CC(C)(O)CCNc1ccc(F)c(C#N)c1. The average molecular weight is 222 g/mol. The van der Waals surface area contributed by atoms with Gasteiger partial charge in [-0.15, -0.1) is 0 Å². The van der Waals surface area contributed by atoms with Crippen LogP contribution in [0, 0.1) is 17.1 Å². The normalized spacial score (nSPS) is 10.9. The number of anilines is 1. The van der Waals surface area contributed by atoms with E-state index in [0.717, 1.165) is 0 Å². The molecule has 0 atom stereocenters. The van der Waals surface area contributed by atoms with Crippen molar-refractivity contribution in [2.75, 3.05) is 11.9 Å². The molecule has 4 heteroatoms. The van der Waals surface area contributed by atoms with Crippen LogP contribution in [-0.4, -0.2) is 17.3 Å². The van der Waals surface area contributed by atoms with Crippen LogP contribution >= 0.6 is 0 Å². The summed E-state index contributed by atoms with van der Waals surface area (Å²) in [7, 11) is 0. The summed E-state index contributed by atoms with van der Waals surface area (Å²) in [5, 5.41) is 21.2. The molecule has 86 valence electrons. The van der Waals surface area contributed by atoms with Gasteiger partial charge in [0.15, 0.2) is 0 Å². The van der Waals surface area contributed by atoms with Crippen molar-refractivity contribution in [2.45, 2.75) is 25.9 Å². The monoisotopic (exact) mass is 222 g/mol. The first-order chi connectivity index (χ1) is 7.42. The summed E-state index contributed by atoms with van der Waals surface area (Å²) in [6.45, 7) is 4.01. The molecule has 0 heterocycles. The second-order valence-corrected chi connectivity index (χ2v) is 4.30. The number of benzene rings is 1. The number of halogens is 1. The molecule has 0 aromatic heterocycles. The van der Waals surface area contributed by atoms with Gasteiger partial charge in [-0.2, -0.15) is 5.26 Å². The molecule has 1 aromatic rings. The molecule has 0 unspecified atom stereocenters. The standard InChI is InChI=1S/C12H15FN2O/c1-12(2,16)5-6-15-10-3-4-11(13)9(7-10)8-14/h3-4,7,15-16H,5-6H2,1-2H3. The van der Waals surface area contributed by atoms with E-state index in [-0.39, 0.29) is 5.56 Å². The number of nitriles is 1. The number of rotatable bonds is 4. The van der Waals surface area contributed by atoms with Gasteiger partial charge in [-0.05, 0) is 38.5 Å². The maximum absolute atomic E-state index is 13.0. The lowest BCUT2D eigenvalue weighted by molar-refractivity contribution is 0.0749. The van der Waals surface area contributed by atoms with Gasteiger partial charge in [-0.3, -0.25) is 0 Å². The topological polar surface area (TPSA) is 56.0 Å². The summed E-state index contributed by atoms with van der Waals surface area (Å²) in [6.07, 6.45) is 0.576. The second kappa shape index (κ2) is 4.95. The van der Waals surface area contributed by atoms with Gasteiger partial charge in [0.1, 0.15) is 11.9 Å². The van der Waals surface area contributed by atoms with Crippen LogP contribution in [-0.2, 0) is 0 Å². The van der Waals surface area contributed by atoms with Crippen molar-refractivity contribution in [1.82, 2.24) is 0 Å². The van der Waals surface area contributed by atoms with Gasteiger partial charge in [0.25, 0.3) is 0 Å². The van der Waals surface area contributed by atoms with Crippen LogP contribution in [0.15, 0.2) is 18.2 Å². The van der Waals surface area contributed by atoms with Gasteiger partial charge >= 0.3 is 0 Å². The zero-order valence-corrected chi connectivity index (χ0v) is 9.42. The van der Waals surface area contributed by atoms with E-state index in [2.05, 4.69) is 5.32 Å². The molecule has 0 spiro atoms. The molecule has 1 rings (SSSR count). The predicted molar refractivity (Wildman–Crippen MR) is 60.5 cm³/mol. The van der Waals surface area contributed by atoms with Crippen molar-refractivity contribution in [1.29, 1.82) is 5.26 Å². The zero-order valence-electron chi connectivity index (χ0n) is 9.42. The molecule has 3 nitrogen and oxygen atoms in total. The fraction of sp³-hybridized carbons (Fsp3) is 0.417. The lowest BCUT2D eigenvalue weighted by Crippen LogP contribution is -2.22. The first kappa shape index (κ1) is 12.5. The van der Waals surface area contributed by atoms with Crippen LogP contribution < -0.4 is 5.32 Å². The van der Waals surface area contributed by atoms with E-state index in [1.165, 1.54) is 12.1 Å². The summed E-state index contributed by atoms with van der Waals surface area (Å²) in [4.78, 5) is 0. The molecule has 0 saturated carbocycles. The highest BCUT2D eigenvalue weighted by atomic mass is 19.1. The molecular formula is C12H15FN2O. The van der Waals surface area contributed by atoms with E-state index in [1.54, 1.807) is 26.0 Å². The summed E-state index contributed by atoms with van der Waals surface area (Å²) in [5.41, 5.74) is -0.0269. The molecule has 1 aromatic carbocycles. The molecule has 0 aliphatic rings. The van der Waals surface area contributed by atoms with Gasteiger partial charge < -0.3 is 10.4 Å². The minimum absolute atomic E-state index is 0.0215. The van der Waals surface area contributed by atoms with Crippen molar-refractivity contribution in [3.8, 4) is 6.07 Å². The van der Waals surface area contributed by atoms with E-state index in [0.29, 0.717) is 18.7 Å². The molecule has 0 aliphatic carbocycles. The van der Waals surface area contributed by atoms with Crippen LogP contribution in [0.25, 0.3) is 0 Å². The Morgan fingerprint density at radius 3 is 2.75 bits per heavy atom. The first-order valence-corrected chi connectivity index (χ1v) is 5.08. The maximum Gasteiger partial charge on any atom is 0.141 e. The molecule has 0 amide bonds. The van der Waals surface area contributed by atoms with Crippen molar-refractivity contribution >= 4 is 5.69 Å². The molecule has 16 heavy (non-hydrogen) atoms. The van der Waals surface area contributed by atoms with Crippen molar-refractivity contribution in [2.24, 2.45) is 0 Å². The Bertz CT molecular complexity index is 404. The van der Waals surface area contributed by atoms with E-state index >= 15 is 0 Å². The van der Waals surface area contributed by atoms with Gasteiger partial charge in [-0.25, -0.2) is 4.39 Å². The smallest absolute Gasteiger partial charge is 0.141 e. The summed E-state index contributed by atoms with van der Waals surface area (Å²) in [5.74, 6) is -0.518. The van der Waals surface area contributed by atoms with Crippen molar-refractivity contribution < 1.29 is 9.50 Å². The van der Waals surface area contributed by atoms with E-state index < -0.39 is 11.4 Å². The minimum atomic E-state index is -0.731. The molecule has 0 aliphatic heterocycles. The Hall–Kier alpha value is -1.60. The van der Waals surface area contributed by atoms with Crippen LogP contribution in [0.4, 0.5) is 10.1 Å². The molecule has 0 radical (unpaired) electrons. The van der Waals surface area contributed by atoms with E-state index in [9.17, 15) is 9.50 Å². The Morgan fingerprint density at radius 2 is 2.19 bits per heavy atom. The van der Waals surface area contributed by atoms with Crippen molar-refractivity contribution in [3.63, 3.8) is 0 Å². The van der Waals surface area contributed by atoms with Crippen LogP contribution in [0.3, 0.4) is 0 Å². The minimum Gasteiger partial charge on any atom is -0.390 e. The fourth-order valence-electron chi connectivity index (χ4n) is 1.23. The van der Waals surface area contributed by atoms with Crippen LogP contribution in [0.5, 0.6) is 0 Å². The maximum atomic E-state index is 13.0. The quantitative estimate of drug-likeness (QED) is 0.821. The van der Waals surface area contributed by atoms with Crippen LogP contribution in [0.2, 0.25) is 0 Å². The van der Waals surface area contributed by atoms with E-state index in [4.69, 9.17) is 5.26 Å². The van der Waals surface area contributed by atoms with Crippen LogP contribution in [0.1, 0.15) is 25.8 Å². The highest BCUT2D eigenvalue weighted by molar-refractivity contribution is 5.49. The predicted octanol–water partition coefficient (Wildman–Crippen LogP) is 2.27. The van der Waals surface area contributed by atoms with Gasteiger partial charge in [0.2, 0.25) is 0 Å². The van der Waals surface area contributed by atoms with E-state index in [1.807, 2.05) is 0 Å². The Morgan fingerprint density at radius 1 is 1.50 bits per heavy atom. The molecule has 0 fully saturated rings. The largest absolute Gasteiger partial charge is 0.390 e.